The van der Waals surface area contributed by atoms with Crippen LogP contribution in [0.5, 0.6) is 0 Å². The van der Waals surface area contributed by atoms with Gasteiger partial charge in [0.2, 0.25) is 5.91 Å². The average molecular weight is 300 g/mol. The van der Waals surface area contributed by atoms with Gasteiger partial charge in [0.25, 0.3) is 0 Å². The molecular formula is C16H32N2O3. The van der Waals surface area contributed by atoms with E-state index in [1.807, 2.05) is 11.9 Å². The van der Waals surface area contributed by atoms with Crippen LogP contribution in [0.4, 0.5) is 0 Å². The molecular weight excluding hydrogens is 268 g/mol. The number of likely N-dealkylation sites (N-methyl/N-ethyl adjacent to an activating group) is 1. The molecule has 1 rings (SSSR count). The van der Waals surface area contributed by atoms with E-state index < -0.39 is 0 Å². The maximum Gasteiger partial charge on any atom is 0.234 e. The third-order valence-corrected chi connectivity index (χ3v) is 4.09. The van der Waals surface area contributed by atoms with Crippen molar-refractivity contribution in [2.75, 3.05) is 47.0 Å². The molecule has 0 aromatic heterocycles. The van der Waals surface area contributed by atoms with Gasteiger partial charge in [-0.2, -0.15) is 0 Å². The van der Waals surface area contributed by atoms with E-state index in [1.54, 1.807) is 7.11 Å². The molecule has 5 nitrogen and oxygen atoms in total. The first kappa shape index (κ1) is 18.4. The molecule has 1 fully saturated rings. The van der Waals surface area contributed by atoms with Gasteiger partial charge in [-0.15, -0.1) is 0 Å². The first-order valence-corrected chi connectivity index (χ1v) is 8.19. The summed E-state index contributed by atoms with van der Waals surface area (Å²) < 4.78 is 10.9. The lowest BCUT2D eigenvalue weighted by atomic mass is 9.88. The molecule has 0 radical (unpaired) electrons. The zero-order chi connectivity index (χ0) is 15.5. The average Bonchev–Trinajstić information content (AvgIpc) is 2.45. The zero-order valence-electron chi connectivity index (χ0n) is 13.9. The van der Waals surface area contributed by atoms with Crippen molar-refractivity contribution >= 4 is 5.91 Å². The summed E-state index contributed by atoms with van der Waals surface area (Å²) >= 11 is 0. The number of rotatable bonds is 10. The lowest BCUT2D eigenvalue weighted by molar-refractivity contribution is -0.122. The van der Waals surface area contributed by atoms with Crippen LogP contribution in [0.25, 0.3) is 0 Å². The first-order chi connectivity index (χ1) is 10.1. The van der Waals surface area contributed by atoms with Gasteiger partial charge in [0, 0.05) is 26.8 Å². The molecule has 0 saturated heterocycles. The molecule has 0 aromatic carbocycles. The second kappa shape index (κ2) is 11.0. The number of amides is 1. The van der Waals surface area contributed by atoms with Crippen LogP contribution in [0.2, 0.25) is 0 Å². The van der Waals surface area contributed by atoms with Crippen LogP contribution in [0, 0.1) is 5.92 Å². The van der Waals surface area contributed by atoms with Crippen molar-refractivity contribution < 1.29 is 14.3 Å². The number of methoxy groups -OCH3 is 1. The Labute approximate surface area is 129 Å². The highest BCUT2D eigenvalue weighted by Crippen LogP contribution is 2.25. The normalized spacial score (nSPS) is 22.5. The van der Waals surface area contributed by atoms with Crippen molar-refractivity contribution in [1.82, 2.24) is 10.2 Å². The molecule has 1 saturated carbocycles. The predicted octanol–water partition coefficient (Wildman–Crippen LogP) is 1.67. The molecule has 21 heavy (non-hydrogen) atoms. The molecule has 2 unspecified atom stereocenters. The van der Waals surface area contributed by atoms with Crippen LogP contribution in [0.3, 0.4) is 0 Å². The minimum absolute atomic E-state index is 0.0650. The number of nitrogens with zero attached hydrogens (tertiary/aromatic N) is 1. The lowest BCUT2D eigenvalue weighted by Crippen LogP contribution is -2.38. The zero-order valence-corrected chi connectivity index (χ0v) is 13.9. The Morgan fingerprint density at radius 1 is 1.29 bits per heavy atom. The molecule has 2 atom stereocenters. The molecule has 0 aliphatic heterocycles. The Balaban J connectivity index is 2.02. The number of hydrogen-bond donors (Lipinski definition) is 1. The second-order valence-electron chi connectivity index (χ2n) is 6.11. The molecule has 0 heterocycles. The fourth-order valence-electron chi connectivity index (χ4n) is 2.79. The topological polar surface area (TPSA) is 50.8 Å². The molecule has 1 amide bonds. The SMILES string of the molecule is COCCCN(C)CC(=O)NCCOC1CCCCC1C. The van der Waals surface area contributed by atoms with Crippen molar-refractivity contribution in [2.24, 2.45) is 5.92 Å². The molecule has 0 aromatic rings. The highest BCUT2D eigenvalue weighted by molar-refractivity contribution is 5.77. The standard InChI is InChI=1S/C16H32N2O3/c1-14-7-4-5-8-15(14)21-12-9-17-16(19)13-18(2)10-6-11-20-3/h14-15H,4-13H2,1-3H3,(H,17,19). The fourth-order valence-corrected chi connectivity index (χ4v) is 2.79. The number of carbonyl (C=O) groups is 1. The van der Waals surface area contributed by atoms with Gasteiger partial charge in [0.15, 0.2) is 0 Å². The van der Waals surface area contributed by atoms with Gasteiger partial charge in [-0.05, 0) is 32.2 Å². The van der Waals surface area contributed by atoms with Crippen molar-refractivity contribution in [3.05, 3.63) is 0 Å². The maximum absolute atomic E-state index is 11.8. The summed E-state index contributed by atoms with van der Waals surface area (Å²) in [5.74, 6) is 0.719. The molecule has 1 aliphatic carbocycles. The van der Waals surface area contributed by atoms with Gasteiger partial charge in [0.05, 0.1) is 19.3 Å². The Hall–Kier alpha value is -0.650. The molecule has 0 bridgehead atoms. The minimum atomic E-state index is 0.0650. The van der Waals surface area contributed by atoms with Gasteiger partial charge in [-0.1, -0.05) is 19.8 Å². The lowest BCUT2D eigenvalue weighted by Gasteiger charge is -2.28. The summed E-state index contributed by atoms with van der Waals surface area (Å²) in [6, 6.07) is 0. The van der Waals surface area contributed by atoms with Gasteiger partial charge >= 0.3 is 0 Å². The number of carbonyl (C=O) groups excluding carboxylic acids is 1. The van der Waals surface area contributed by atoms with E-state index in [1.165, 1.54) is 19.3 Å². The maximum atomic E-state index is 11.8. The van der Waals surface area contributed by atoms with E-state index in [4.69, 9.17) is 9.47 Å². The summed E-state index contributed by atoms with van der Waals surface area (Å²) in [5, 5.41) is 2.92. The first-order valence-electron chi connectivity index (χ1n) is 8.19. The highest BCUT2D eigenvalue weighted by atomic mass is 16.5. The van der Waals surface area contributed by atoms with Gasteiger partial charge in [0.1, 0.15) is 0 Å². The smallest absolute Gasteiger partial charge is 0.234 e. The van der Waals surface area contributed by atoms with Crippen molar-refractivity contribution in [3.8, 4) is 0 Å². The van der Waals surface area contributed by atoms with E-state index in [2.05, 4.69) is 12.2 Å². The van der Waals surface area contributed by atoms with Crippen LogP contribution in [-0.2, 0) is 14.3 Å². The van der Waals surface area contributed by atoms with Crippen LogP contribution in [0.15, 0.2) is 0 Å². The quantitative estimate of drug-likeness (QED) is 0.624. The summed E-state index contributed by atoms with van der Waals surface area (Å²) in [7, 11) is 3.65. The summed E-state index contributed by atoms with van der Waals surface area (Å²) in [6.45, 7) is 5.53. The predicted molar refractivity (Wildman–Crippen MR) is 84.4 cm³/mol. The van der Waals surface area contributed by atoms with Crippen molar-refractivity contribution in [3.63, 3.8) is 0 Å². The molecule has 1 aliphatic rings. The molecule has 5 heteroatoms. The molecule has 1 N–H and O–H groups in total. The van der Waals surface area contributed by atoms with Crippen LogP contribution in [-0.4, -0.2) is 63.9 Å². The summed E-state index contributed by atoms with van der Waals surface area (Å²) in [4.78, 5) is 13.8. The van der Waals surface area contributed by atoms with Crippen LogP contribution < -0.4 is 5.32 Å². The van der Waals surface area contributed by atoms with E-state index in [9.17, 15) is 4.79 Å². The Bertz CT molecular complexity index is 287. The third-order valence-electron chi connectivity index (χ3n) is 4.09. The van der Waals surface area contributed by atoms with E-state index in [0.717, 1.165) is 26.0 Å². The fraction of sp³-hybridized carbons (Fsp3) is 0.938. The minimum Gasteiger partial charge on any atom is -0.385 e. The number of ether oxygens (including phenoxy) is 2. The van der Waals surface area contributed by atoms with Gasteiger partial charge < -0.3 is 14.8 Å². The largest absolute Gasteiger partial charge is 0.385 e. The molecule has 124 valence electrons. The van der Waals surface area contributed by atoms with Crippen molar-refractivity contribution in [1.29, 1.82) is 0 Å². The third kappa shape index (κ3) is 8.39. The van der Waals surface area contributed by atoms with E-state index >= 15 is 0 Å². The van der Waals surface area contributed by atoms with E-state index in [0.29, 0.717) is 31.7 Å². The van der Waals surface area contributed by atoms with Crippen LogP contribution in [0.1, 0.15) is 39.0 Å². The summed E-state index contributed by atoms with van der Waals surface area (Å²) in [5.41, 5.74) is 0. The van der Waals surface area contributed by atoms with Crippen LogP contribution >= 0.6 is 0 Å². The monoisotopic (exact) mass is 300 g/mol. The Morgan fingerprint density at radius 3 is 2.76 bits per heavy atom. The van der Waals surface area contributed by atoms with Gasteiger partial charge in [-0.3, -0.25) is 9.69 Å². The Kier molecular flexibility index (Phi) is 9.63. The van der Waals surface area contributed by atoms with Crippen molar-refractivity contribution in [2.45, 2.75) is 45.1 Å². The molecule has 0 spiro atoms. The van der Waals surface area contributed by atoms with Gasteiger partial charge in [-0.25, -0.2) is 0 Å². The van der Waals surface area contributed by atoms with E-state index in [-0.39, 0.29) is 5.91 Å². The summed E-state index contributed by atoms with van der Waals surface area (Å²) in [6.07, 6.45) is 6.36. The Morgan fingerprint density at radius 2 is 2.05 bits per heavy atom. The number of nitrogens with one attached hydrogen (secondary N) is 1. The number of hydrogen-bond acceptors (Lipinski definition) is 4. The highest BCUT2D eigenvalue weighted by Gasteiger charge is 2.21. The second-order valence-corrected chi connectivity index (χ2v) is 6.11.